The second-order valence-corrected chi connectivity index (χ2v) is 6.30. The monoisotopic (exact) mass is 385 g/mol. The van der Waals surface area contributed by atoms with E-state index >= 15 is 0 Å². The minimum absolute atomic E-state index is 0.0554. The summed E-state index contributed by atoms with van der Waals surface area (Å²) in [6, 6.07) is 6.76. The van der Waals surface area contributed by atoms with Gasteiger partial charge in [-0.1, -0.05) is 38.3 Å². The molecule has 0 atom stereocenters. The number of hydrogen-bond acceptors (Lipinski definition) is 5. The predicted octanol–water partition coefficient (Wildman–Crippen LogP) is 3.56. The van der Waals surface area contributed by atoms with Gasteiger partial charge in [0.05, 0.1) is 7.11 Å². The van der Waals surface area contributed by atoms with Gasteiger partial charge in [0.2, 0.25) is 5.91 Å². The number of rotatable bonds is 12. The van der Waals surface area contributed by atoms with Crippen molar-refractivity contribution in [2.45, 2.75) is 45.4 Å². The van der Waals surface area contributed by atoms with Crippen LogP contribution in [0, 0.1) is 0 Å². The van der Waals surface area contributed by atoms with Crippen LogP contribution in [0.1, 0.15) is 44.6 Å². The van der Waals surface area contributed by atoms with Gasteiger partial charge in [0.1, 0.15) is 0 Å². The van der Waals surface area contributed by atoms with Gasteiger partial charge in [-0.3, -0.25) is 14.4 Å². The number of carbonyl (C=O) groups is 4. The van der Waals surface area contributed by atoms with E-state index in [1.807, 2.05) is 0 Å². The van der Waals surface area contributed by atoms with Gasteiger partial charge in [-0.25, -0.2) is 4.79 Å². The molecule has 0 fully saturated rings. The molecule has 0 saturated heterocycles. The summed E-state index contributed by atoms with van der Waals surface area (Å²) in [5.74, 6) is -1.26. The first-order valence-electron chi connectivity index (χ1n) is 9.34. The second-order valence-electron chi connectivity index (χ2n) is 6.30. The molecular formula is C22H27NO5. The first-order valence-corrected chi connectivity index (χ1v) is 9.34. The maximum absolute atomic E-state index is 11.9. The maximum Gasteiger partial charge on any atom is 0.330 e. The molecule has 1 amide bonds. The number of benzene rings is 1. The van der Waals surface area contributed by atoms with Crippen LogP contribution in [0.25, 0.3) is 0 Å². The van der Waals surface area contributed by atoms with Gasteiger partial charge in [-0.05, 0) is 36.3 Å². The van der Waals surface area contributed by atoms with Gasteiger partial charge in [0.25, 0.3) is 0 Å². The lowest BCUT2D eigenvalue weighted by molar-refractivity contribution is -0.135. The van der Waals surface area contributed by atoms with E-state index in [-0.39, 0.29) is 23.9 Å². The van der Waals surface area contributed by atoms with Crippen LogP contribution >= 0.6 is 0 Å². The largest absolute Gasteiger partial charge is 0.466 e. The van der Waals surface area contributed by atoms with E-state index in [1.165, 1.54) is 25.3 Å². The molecule has 0 radical (unpaired) electrons. The highest BCUT2D eigenvalue weighted by molar-refractivity contribution is 6.04. The van der Waals surface area contributed by atoms with Crippen LogP contribution in [0.5, 0.6) is 0 Å². The number of unbranched alkanes of at least 4 members (excludes halogenated alkanes) is 3. The fraction of sp³-hybridized carbons (Fsp3) is 0.364. The Labute approximate surface area is 165 Å². The smallest absolute Gasteiger partial charge is 0.330 e. The van der Waals surface area contributed by atoms with Crippen LogP contribution in [-0.4, -0.2) is 30.6 Å². The summed E-state index contributed by atoms with van der Waals surface area (Å²) in [6.45, 7) is 2.11. The number of methoxy groups -OCH3 is 1. The molecule has 0 aliphatic heterocycles. The zero-order valence-electron chi connectivity index (χ0n) is 16.4. The van der Waals surface area contributed by atoms with Crippen molar-refractivity contribution in [1.82, 2.24) is 0 Å². The van der Waals surface area contributed by atoms with Gasteiger partial charge in [-0.15, -0.1) is 0 Å². The highest BCUT2D eigenvalue weighted by atomic mass is 16.5. The molecule has 6 heteroatoms. The minimum Gasteiger partial charge on any atom is -0.466 e. The summed E-state index contributed by atoms with van der Waals surface area (Å²) in [7, 11) is 1.24. The Morgan fingerprint density at radius 3 is 2.21 bits per heavy atom. The SMILES string of the molecule is CCCCCCC(=O)/C=C\C(=O)Nc1ccc(CC(=O)/C=C\C(=O)OC)cc1. The van der Waals surface area contributed by atoms with Crippen molar-refractivity contribution < 1.29 is 23.9 Å². The van der Waals surface area contributed by atoms with Gasteiger partial charge < -0.3 is 10.1 Å². The third-order valence-corrected chi connectivity index (χ3v) is 3.90. The third kappa shape index (κ3) is 10.2. The van der Waals surface area contributed by atoms with Crippen molar-refractivity contribution in [1.29, 1.82) is 0 Å². The van der Waals surface area contributed by atoms with Gasteiger partial charge in [-0.2, -0.15) is 0 Å². The summed E-state index contributed by atoms with van der Waals surface area (Å²) in [6.07, 6.45) is 9.47. The lowest BCUT2D eigenvalue weighted by atomic mass is 10.1. The quantitative estimate of drug-likeness (QED) is 0.338. The van der Waals surface area contributed by atoms with Crippen LogP contribution in [0.2, 0.25) is 0 Å². The van der Waals surface area contributed by atoms with Crippen molar-refractivity contribution in [3.05, 3.63) is 54.1 Å². The normalized spacial score (nSPS) is 10.9. The van der Waals surface area contributed by atoms with Gasteiger partial charge in [0.15, 0.2) is 11.6 Å². The summed E-state index contributed by atoms with van der Waals surface area (Å²) in [4.78, 5) is 46.3. The topological polar surface area (TPSA) is 89.5 Å². The van der Waals surface area contributed by atoms with Crippen LogP contribution in [0.4, 0.5) is 5.69 Å². The highest BCUT2D eigenvalue weighted by Gasteiger charge is 2.04. The molecule has 1 rings (SSSR count). The molecule has 1 aromatic rings. The van der Waals surface area contributed by atoms with E-state index in [2.05, 4.69) is 17.0 Å². The molecule has 0 unspecified atom stereocenters. The molecule has 1 aromatic carbocycles. The number of hydrogen-bond donors (Lipinski definition) is 1. The molecule has 0 heterocycles. The molecule has 0 bridgehead atoms. The molecule has 28 heavy (non-hydrogen) atoms. The van der Waals surface area contributed by atoms with Crippen molar-refractivity contribution >= 4 is 29.1 Å². The molecule has 0 aliphatic rings. The zero-order valence-corrected chi connectivity index (χ0v) is 16.4. The Hall–Kier alpha value is -3.02. The highest BCUT2D eigenvalue weighted by Crippen LogP contribution is 2.11. The second kappa shape index (κ2) is 13.2. The number of nitrogens with one attached hydrogen (secondary N) is 1. The average Bonchev–Trinajstić information content (AvgIpc) is 2.69. The molecule has 6 nitrogen and oxygen atoms in total. The molecular weight excluding hydrogens is 358 g/mol. The van der Waals surface area contributed by atoms with Crippen molar-refractivity contribution in [2.75, 3.05) is 12.4 Å². The minimum atomic E-state index is -0.584. The number of allylic oxidation sites excluding steroid dienone is 2. The van der Waals surface area contributed by atoms with E-state index in [0.717, 1.165) is 37.3 Å². The van der Waals surface area contributed by atoms with E-state index in [0.29, 0.717) is 12.1 Å². The van der Waals surface area contributed by atoms with E-state index in [4.69, 9.17) is 0 Å². The Morgan fingerprint density at radius 2 is 1.57 bits per heavy atom. The number of anilines is 1. The molecule has 1 N–H and O–H groups in total. The fourth-order valence-electron chi connectivity index (χ4n) is 2.36. The Morgan fingerprint density at radius 1 is 0.893 bits per heavy atom. The van der Waals surface area contributed by atoms with Crippen molar-refractivity contribution in [3.63, 3.8) is 0 Å². The van der Waals surface area contributed by atoms with Crippen LogP contribution in [-0.2, 0) is 30.3 Å². The standard InChI is InChI=1S/C22H27NO5/c1-3-4-5-6-7-19(24)12-14-21(26)23-18-10-8-17(9-11-18)16-20(25)13-15-22(27)28-2/h8-15H,3-7,16H2,1-2H3,(H,23,26)/b14-12-,15-13-. The molecule has 0 aliphatic carbocycles. The molecule has 0 saturated carbocycles. The van der Waals surface area contributed by atoms with Crippen molar-refractivity contribution in [3.8, 4) is 0 Å². The summed E-state index contributed by atoms with van der Waals surface area (Å²) >= 11 is 0. The van der Waals surface area contributed by atoms with Crippen molar-refractivity contribution in [2.24, 2.45) is 0 Å². The Balaban J connectivity index is 2.44. The zero-order chi connectivity index (χ0) is 20.8. The maximum atomic E-state index is 11.9. The molecule has 0 aromatic heterocycles. The number of esters is 1. The average molecular weight is 385 g/mol. The Bertz CT molecular complexity index is 732. The lowest BCUT2D eigenvalue weighted by Gasteiger charge is -2.04. The lowest BCUT2D eigenvalue weighted by Crippen LogP contribution is -2.09. The summed E-state index contributed by atoms with van der Waals surface area (Å²) in [5.41, 5.74) is 1.31. The van der Waals surface area contributed by atoms with Crippen LogP contribution in [0.3, 0.4) is 0 Å². The van der Waals surface area contributed by atoms with E-state index in [9.17, 15) is 19.2 Å². The summed E-state index contributed by atoms with van der Waals surface area (Å²) < 4.78 is 4.42. The van der Waals surface area contributed by atoms with Gasteiger partial charge >= 0.3 is 5.97 Å². The molecule has 150 valence electrons. The van der Waals surface area contributed by atoms with Crippen LogP contribution in [0.15, 0.2) is 48.6 Å². The van der Waals surface area contributed by atoms with E-state index < -0.39 is 5.97 Å². The first-order chi connectivity index (χ1) is 13.4. The fourth-order valence-corrected chi connectivity index (χ4v) is 2.36. The number of amides is 1. The number of carbonyl (C=O) groups excluding carboxylic acids is 4. The number of ketones is 2. The van der Waals surface area contributed by atoms with Gasteiger partial charge in [0, 0.05) is 30.7 Å². The first kappa shape index (κ1) is 23.0. The Kier molecular flexibility index (Phi) is 10.8. The summed E-state index contributed by atoms with van der Waals surface area (Å²) in [5, 5.41) is 2.66. The molecule has 0 spiro atoms. The van der Waals surface area contributed by atoms with Crippen LogP contribution < -0.4 is 5.32 Å². The van der Waals surface area contributed by atoms with E-state index in [1.54, 1.807) is 24.3 Å². The third-order valence-electron chi connectivity index (χ3n) is 3.90. The number of ether oxygens (including phenoxy) is 1. The predicted molar refractivity (Wildman–Crippen MR) is 108 cm³/mol.